The molecule has 0 aromatic heterocycles. The zero-order valence-corrected chi connectivity index (χ0v) is 23.4. The van der Waals surface area contributed by atoms with Gasteiger partial charge in [0.2, 0.25) is 15.9 Å². The molecule has 4 rings (SSSR count). The molecule has 1 fully saturated rings. The van der Waals surface area contributed by atoms with Crippen molar-refractivity contribution in [3.63, 3.8) is 0 Å². The van der Waals surface area contributed by atoms with Gasteiger partial charge in [0.15, 0.2) is 5.96 Å². The second-order valence-corrected chi connectivity index (χ2v) is 11.9. The molecule has 2 atom stereocenters. The lowest BCUT2D eigenvalue weighted by Gasteiger charge is -2.25. The number of rotatable bonds is 12. The number of nitrogens with one attached hydrogen (secondary N) is 3. The number of aryl methyl sites for hydroxylation is 1. The Morgan fingerprint density at radius 2 is 1.73 bits per heavy atom. The molecule has 0 spiro atoms. The minimum atomic E-state index is -3.88. The van der Waals surface area contributed by atoms with Crippen LogP contribution in [-0.2, 0) is 32.5 Å². The topological polar surface area (TPSA) is 166 Å². The van der Waals surface area contributed by atoms with Gasteiger partial charge in [-0.1, -0.05) is 66.7 Å². The Labute approximate surface area is 240 Å². The predicted octanol–water partition coefficient (Wildman–Crippen LogP) is 2.73. The van der Waals surface area contributed by atoms with E-state index in [2.05, 4.69) is 16.7 Å². The number of nitrogens with zero attached hydrogens (tertiary/aromatic N) is 1. The summed E-state index contributed by atoms with van der Waals surface area (Å²) in [5.41, 5.74) is 9.20. The first-order valence-electron chi connectivity index (χ1n) is 13.5. The number of carboxylic acid groups (broad SMARTS) is 1. The summed E-state index contributed by atoms with van der Waals surface area (Å²) < 4.78 is 27.4. The highest BCUT2D eigenvalue weighted by molar-refractivity contribution is 7.89. The fourth-order valence-electron chi connectivity index (χ4n) is 4.98. The third kappa shape index (κ3) is 7.71. The van der Waals surface area contributed by atoms with Gasteiger partial charge in [-0.2, -0.15) is 4.31 Å². The molecule has 216 valence electrons. The van der Waals surface area contributed by atoms with Crippen LogP contribution in [0.4, 0.5) is 0 Å². The summed E-state index contributed by atoms with van der Waals surface area (Å²) in [6.45, 7) is 0.822. The van der Waals surface area contributed by atoms with Crippen molar-refractivity contribution in [1.82, 2.24) is 14.9 Å². The average Bonchev–Trinajstić information content (AvgIpc) is 3.47. The maximum absolute atomic E-state index is 13.1. The maximum atomic E-state index is 13.1. The summed E-state index contributed by atoms with van der Waals surface area (Å²) >= 11 is 0. The lowest BCUT2D eigenvalue weighted by Crippen LogP contribution is -2.51. The molecular weight excluding hydrogens is 542 g/mol. The summed E-state index contributed by atoms with van der Waals surface area (Å²) in [5.74, 6) is -1.84. The molecule has 11 heteroatoms. The van der Waals surface area contributed by atoms with E-state index in [-0.39, 0.29) is 23.8 Å². The third-order valence-electron chi connectivity index (χ3n) is 7.08. The van der Waals surface area contributed by atoms with Crippen molar-refractivity contribution in [2.45, 2.75) is 49.1 Å². The highest BCUT2D eigenvalue weighted by Crippen LogP contribution is 2.27. The van der Waals surface area contributed by atoms with E-state index in [0.29, 0.717) is 19.4 Å². The number of hydrogen-bond acceptors (Lipinski definition) is 5. The Kier molecular flexibility index (Phi) is 9.74. The summed E-state index contributed by atoms with van der Waals surface area (Å²) in [7, 11) is -3.88. The predicted molar refractivity (Wildman–Crippen MR) is 157 cm³/mol. The molecule has 1 amide bonds. The number of nitrogens with two attached hydrogens (primary N) is 1. The zero-order chi connectivity index (χ0) is 29.4. The number of amides is 1. The lowest BCUT2D eigenvalue weighted by atomic mass is 9.98. The molecule has 10 nitrogen and oxygen atoms in total. The number of guanidine groups is 1. The van der Waals surface area contributed by atoms with Gasteiger partial charge in [-0.15, -0.1) is 0 Å². The van der Waals surface area contributed by atoms with Gasteiger partial charge in [0.05, 0.1) is 4.90 Å². The molecule has 0 unspecified atom stereocenters. The second kappa shape index (κ2) is 13.4. The molecule has 1 aliphatic rings. The third-order valence-corrected chi connectivity index (χ3v) is 9.00. The Balaban J connectivity index is 1.40. The molecule has 1 aliphatic heterocycles. The highest BCUT2D eigenvalue weighted by atomic mass is 32.2. The SMILES string of the molecule is N=C(N)NCCCc1cccc(-c2ccc(C[C@H](NC(=O)[C@@H]3CCCN3S(=O)(=O)c3ccccc3)C(=O)O)cc2)c1. The van der Waals surface area contributed by atoms with Gasteiger partial charge < -0.3 is 21.5 Å². The van der Waals surface area contributed by atoms with Crippen LogP contribution in [-0.4, -0.2) is 60.8 Å². The Hall–Kier alpha value is -4.22. The normalized spacial score (nSPS) is 16.1. The monoisotopic (exact) mass is 577 g/mol. The van der Waals surface area contributed by atoms with E-state index in [1.54, 1.807) is 18.2 Å². The number of benzene rings is 3. The van der Waals surface area contributed by atoms with Crippen molar-refractivity contribution in [2.24, 2.45) is 5.73 Å². The van der Waals surface area contributed by atoms with Gasteiger partial charge in [0.1, 0.15) is 12.1 Å². The molecule has 1 saturated heterocycles. The summed E-state index contributed by atoms with van der Waals surface area (Å²) in [6.07, 6.45) is 2.56. The first-order chi connectivity index (χ1) is 19.6. The van der Waals surface area contributed by atoms with Gasteiger partial charge in [-0.05, 0) is 60.1 Å². The summed E-state index contributed by atoms with van der Waals surface area (Å²) in [6, 6.07) is 21.4. The first kappa shape index (κ1) is 29.8. The molecule has 0 bridgehead atoms. The van der Waals surface area contributed by atoms with Crippen molar-refractivity contribution >= 4 is 27.9 Å². The van der Waals surface area contributed by atoms with Gasteiger partial charge in [-0.3, -0.25) is 10.2 Å². The molecule has 3 aromatic rings. The van der Waals surface area contributed by atoms with E-state index >= 15 is 0 Å². The first-order valence-corrected chi connectivity index (χ1v) is 15.0. The number of carbonyl (C=O) groups is 2. The minimum Gasteiger partial charge on any atom is -0.480 e. The Morgan fingerprint density at radius 1 is 1.00 bits per heavy atom. The van der Waals surface area contributed by atoms with Crippen LogP contribution in [0.5, 0.6) is 0 Å². The van der Waals surface area contributed by atoms with E-state index in [0.717, 1.165) is 35.1 Å². The van der Waals surface area contributed by atoms with Crippen LogP contribution in [0.15, 0.2) is 83.8 Å². The molecule has 0 aliphatic carbocycles. The van der Waals surface area contributed by atoms with E-state index in [9.17, 15) is 23.1 Å². The summed E-state index contributed by atoms with van der Waals surface area (Å²) in [5, 5.41) is 22.4. The maximum Gasteiger partial charge on any atom is 0.326 e. The molecule has 1 heterocycles. The molecule has 6 N–H and O–H groups in total. The summed E-state index contributed by atoms with van der Waals surface area (Å²) in [4.78, 5) is 25.3. The van der Waals surface area contributed by atoms with E-state index in [1.807, 2.05) is 42.5 Å². The number of sulfonamides is 1. The quantitative estimate of drug-likeness (QED) is 0.125. The number of hydrogen-bond donors (Lipinski definition) is 5. The molecule has 0 saturated carbocycles. The standard InChI is InChI=1S/C30H35N5O5S/c31-30(32)33-17-5-8-21-7-4-9-24(19-21)23-15-13-22(14-16-23)20-26(29(37)38)34-28(36)27-12-6-18-35(27)41(39,40)25-10-2-1-3-11-25/h1-4,7,9-11,13-16,19,26-27H,5-6,8,12,17-18,20H2,(H,34,36)(H,37,38)(H4,31,32,33)/t26-,27-/m0/s1. The minimum absolute atomic E-state index is 0.0416. The molecular formula is C30H35N5O5S. The molecule has 3 aromatic carbocycles. The number of carbonyl (C=O) groups excluding carboxylic acids is 1. The van der Waals surface area contributed by atoms with E-state index in [1.165, 1.54) is 16.4 Å². The van der Waals surface area contributed by atoms with Gasteiger partial charge >= 0.3 is 5.97 Å². The highest BCUT2D eigenvalue weighted by Gasteiger charge is 2.40. The van der Waals surface area contributed by atoms with Gasteiger partial charge in [0.25, 0.3) is 0 Å². The lowest BCUT2D eigenvalue weighted by molar-refractivity contribution is -0.142. The largest absolute Gasteiger partial charge is 0.480 e. The molecule has 0 radical (unpaired) electrons. The number of aliphatic carboxylic acids is 1. The Morgan fingerprint density at radius 3 is 2.41 bits per heavy atom. The van der Waals surface area contributed by atoms with Crippen molar-refractivity contribution in [3.8, 4) is 11.1 Å². The second-order valence-electron chi connectivity index (χ2n) is 10.0. The van der Waals surface area contributed by atoms with Gasteiger partial charge in [-0.25, -0.2) is 13.2 Å². The Bertz CT molecular complexity index is 1480. The van der Waals surface area contributed by atoms with E-state index < -0.39 is 34.0 Å². The van der Waals surface area contributed by atoms with Crippen LogP contribution < -0.4 is 16.4 Å². The van der Waals surface area contributed by atoms with Crippen LogP contribution >= 0.6 is 0 Å². The van der Waals surface area contributed by atoms with Crippen molar-refractivity contribution in [3.05, 3.63) is 90.0 Å². The van der Waals surface area contributed by atoms with Crippen LogP contribution in [0, 0.1) is 5.41 Å². The number of carboxylic acids is 1. The van der Waals surface area contributed by atoms with Crippen LogP contribution in [0.1, 0.15) is 30.4 Å². The zero-order valence-electron chi connectivity index (χ0n) is 22.6. The average molecular weight is 578 g/mol. The van der Waals surface area contributed by atoms with Crippen molar-refractivity contribution in [1.29, 1.82) is 5.41 Å². The van der Waals surface area contributed by atoms with Crippen LogP contribution in [0.2, 0.25) is 0 Å². The molecule has 41 heavy (non-hydrogen) atoms. The van der Waals surface area contributed by atoms with Crippen molar-refractivity contribution < 1.29 is 23.1 Å². The van der Waals surface area contributed by atoms with Gasteiger partial charge in [0, 0.05) is 19.5 Å². The fraction of sp³-hybridized carbons (Fsp3) is 0.300. The van der Waals surface area contributed by atoms with E-state index in [4.69, 9.17) is 11.1 Å². The van der Waals surface area contributed by atoms with Crippen molar-refractivity contribution in [2.75, 3.05) is 13.1 Å². The van der Waals surface area contributed by atoms with Crippen LogP contribution in [0.25, 0.3) is 11.1 Å². The smallest absolute Gasteiger partial charge is 0.326 e. The van der Waals surface area contributed by atoms with Crippen LogP contribution in [0.3, 0.4) is 0 Å². The fourth-order valence-corrected chi connectivity index (χ4v) is 6.65.